The first-order chi connectivity index (χ1) is 39.1. The third kappa shape index (κ3) is 16.7. The van der Waals surface area contributed by atoms with Crippen LogP contribution in [0.1, 0.15) is 73.1 Å². The minimum atomic E-state index is -3.53. The monoisotopic (exact) mass is 1290 g/mol. The van der Waals surface area contributed by atoms with Crippen LogP contribution in [0.5, 0.6) is 0 Å². The lowest BCUT2D eigenvalue weighted by Gasteiger charge is -2.18. The normalized spacial score (nSPS) is 13.4. The summed E-state index contributed by atoms with van der Waals surface area (Å²) in [6.07, 6.45) is 0.798. The highest BCUT2D eigenvalue weighted by Crippen LogP contribution is 2.45. The SMILES string of the molecule is CC(C)(O)c1cccc(CS(=O)(=O)c2ccc(-c3ccc(Cl)cc3Cl)cc2)c1.CC(O)c1cccc(CS(=O)(=O)c2ccc(-c3ccc(Cl)cc3Cl)cc2)c1.O=S(=O)(Cc1cccc(C2(O)CC2)c1)c1ccc(-c2ccc(Cl)cc2Cl)cc1. The predicted molar refractivity (Wildman–Crippen MR) is 337 cm³/mol. The molecule has 1 atom stereocenters. The maximum Gasteiger partial charge on any atom is 0.182 e. The fourth-order valence-electron chi connectivity index (χ4n) is 8.95. The maximum absolute atomic E-state index is 12.8. The van der Waals surface area contributed by atoms with Crippen LogP contribution >= 0.6 is 69.6 Å². The van der Waals surface area contributed by atoms with Crippen molar-refractivity contribution in [3.8, 4) is 33.4 Å². The van der Waals surface area contributed by atoms with E-state index in [4.69, 9.17) is 69.6 Å². The predicted octanol–water partition coefficient (Wildman–Crippen LogP) is 17.2. The fourth-order valence-corrected chi connectivity index (χ4v) is 14.5. The van der Waals surface area contributed by atoms with Gasteiger partial charge in [0.15, 0.2) is 29.5 Å². The molecule has 430 valence electrons. The first kappa shape index (κ1) is 63.5. The van der Waals surface area contributed by atoms with E-state index in [9.17, 15) is 40.6 Å². The van der Waals surface area contributed by atoms with Crippen LogP contribution in [-0.2, 0) is 58.0 Å². The van der Waals surface area contributed by atoms with Crippen molar-refractivity contribution in [2.45, 2.75) is 82.9 Å². The smallest absolute Gasteiger partial charge is 0.182 e. The molecule has 1 aliphatic rings. The standard InChI is InChI=1S/C22H18Cl2O3S.C22H20Cl2O3S.C21H18Cl2O3S/c23-18-6-9-20(21(24)13-18)16-4-7-19(8-5-16)28(26,27)14-15-2-1-3-17(12-15)22(25)10-11-22;1-22(2,25)17-5-3-4-15(12-17)14-28(26,27)19-9-6-16(7-10-19)20-11-8-18(23)13-21(20)24;1-14(24)17-4-2-3-15(11-17)13-27(25,26)19-8-5-16(6-9-19)20-10-7-18(22)12-21(20)23/h1-9,12-13,25H,10-11,14H2;3-13,25H,14H2,1-2H3;2-12,14,24H,13H2,1H3. The van der Waals surface area contributed by atoms with Crippen molar-refractivity contribution in [1.82, 2.24) is 0 Å². The number of benzene rings is 9. The molecule has 3 N–H and O–H groups in total. The van der Waals surface area contributed by atoms with Gasteiger partial charge in [-0.15, -0.1) is 0 Å². The molecular formula is C65H56Cl6O9S3. The van der Waals surface area contributed by atoms with Crippen molar-refractivity contribution in [1.29, 1.82) is 0 Å². The van der Waals surface area contributed by atoms with Gasteiger partial charge in [-0.3, -0.25) is 0 Å². The summed E-state index contributed by atoms with van der Waals surface area (Å²) in [5, 5.41) is 33.2. The van der Waals surface area contributed by atoms with Crippen molar-refractivity contribution in [3.63, 3.8) is 0 Å². The summed E-state index contributed by atoms with van der Waals surface area (Å²) in [5.74, 6) is -0.384. The summed E-state index contributed by atoms with van der Waals surface area (Å²) in [6, 6.07) is 56.7. The molecule has 9 aromatic carbocycles. The van der Waals surface area contributed by atoms with Crippen molar-refractivity contribution >= 4 is 99.1 Å². The van der Waals surface area contributed by atoms with Gasteiger partial charge >= 0.3 is 0 Å². The summed E-state index contributed by atoms with van der Waals surface area (Å²) in [6.45, 7) is 4.98. The minimum absolute atomic E-state index is 0.113. The number of aliphatic hydroxyl groups is 3. The molecule has 1 aliphatic carbocycles. The van der Waals surface area contributed by atoms with Gasteiger partial charge in [0, 0.05) is 46.8 Å². The number of halogens is 6. The molecule has 83 heavy (non-hydrogen) atoms. The van der Waals surface area contributed by atoms with Crippen LogP contribution in [0.15, 0.2) is 215 Å². The molecule has 0 aliphatic heterocycles. The first-order valence-corrected chi connectivity index (χ1v) is 33.1. The van der Waals surface area contributed by atoms with E-state index >= 15 is 0 Å². The number of hydrogen-bond donors (Lipinski definition) is 3. The second-order valence-electron chi connectivity index (χ2n) is 20.6. The average Bonchev–Trinajstić information content (AvgIpc) is 4.26. The summed E-state index contributed by atoms with van der Waals surface area (Å²) in [4.78, 5) is 0.714. The molecule has 9 nitrogen and oxygen atoms in total. The van der Waals surface area contributed by atoms with E-state index < -0.39 is 46.8 Å². The molecule has 0 spiro atoms. The summed E-state index contributed by atoms with van der Waals surface area (Å²) < 4.78 is 76.8. The van der Waals surface area contributed by atoms with Gasteiger partial charge in [-0.2, -0.15) is 0 Å². The zero-order chi connectivity index (χ0) is 60.1. The summed E-state index contributed by atoms with van der Waals surface area (Å²) in [5.41, 5.74) is 7.08. The molecule has 0 saturated heterocycles. The Balaban J connectivity index is 0.000000163. The van der Waals surface area contributed by atoms with E-state index in [0.717, 1.165) is 51.8 Å². The Kier molecular flexibility index (Phi) is 20.2. The largest absolute Gasteiger partial charge is 0.389 e. The van der Waals surface area contributed by atoms with E-state index in [1.165, 1.54) is 0 Å². The molecule has 1 saturated carbocycles. The third-order valence-corrected chi connectivity index (χ3v) is 20.4. The highest BCUT2D eigenvalue weighted by molar-refractivity contribution is 7.91. The summed E-state index contributed by atoms with van der Waals surface area (Å²) >= 11 is 36.5. The average molecular weight is 1290 g/mol. The van der Waals surface area contributed by atoms with Gasteiger partial charge in [0.05, 0.1) is 49.3 Å². The molecule has 0 radical (unpaired) electrons. The van der Waals surface area contributed by atoms with Gasteiger partial charge < -0.3 is 15.3 Å². The lowest BCUT2D eigenvalue weighted by molar-refractivity contribution is 0.0785. The van der Waals surface area contributed by atoms with Gasteiger partial charge in [-0.25, -0.2) is 25.3 Å². The zero-order valence-corrected chi connectivity index (χ0v) is 51.9. The molecule has 0 amide bonds. The van der Waals surface area contributed by atoms with Crippen molar-refractivity contribution in [2.75, 3.05) is 0 Å². The van der Waals surface area contributed by atoms with Crippen molar-refractivity contribution in [2.24, 2.45) is 0 Å². The third-order valence-electron chi connectivity index (χ3n) is 13.7. The van der Waals surface area contributed by atoms with Crippen LogP contribution in [0.3, 0.4) is 0 Å². The van der Waals surface area contributed by atoms with Crippen LogP contribution in [0, 0.1) is 0 Å². The van der Waals surface area contributed by atoms with E-state index in [0.29, 0.717) is 58.0 Å². The number of aliphatic hydroxyl groups excluding tert-OH is 1. The molecule has 10 rings (SSSR count). The topological polar surface area (TPSA) is 163 Å². The molecule has 1 unspecified atom stereocenters. The van der Waals surface area contributed by atoms with Crippen LogP contribution in [-0.4, -0.2) is 40.6 Å². The molecule has 9 aromatic rings. The second kappa shape index (κ2) is 26.4. The van der Waals surface area contributed by atoms with E-state index in [1.807, 2.05) is 12.1 Å². The Bertz CT molecular complexity index is 3980. The number of sulfone groups is 3. The lowest BCUT2D eigenvalue weighted by Crippen LogP contribution is -2.16. The molecule has 0 bridgehead atoms. The molecular weight excluding hydrogens is 1230 g/mol. The molecule has 18 heteroatoms. The van der Waals surface area contributed by atoms with Crippen LogP contribution in [0.2, 0.25) is 30.1 Å². The zero-order valence-electron chi connectivity index (χ0n) is 44.9. The lowest BCUT2D eigenvalue weighted by atomic mass is 9.97. The van der Waals surface area contributed by atoms with E-state index in [1.54, 1.807) is 209 Å². The minimum Gasteiger partial charge on any atom is -0.389 e. The van der Waals surface area contributed by atoms with Crippen molar-refractivity contribution < 1.29 is 40.6 Å². The number of hydrogen-bond acceptors (Lipinski definition) is 9. The second-order valence-corrected chi connectivity index (χ2v) is 29.1. The van der Waals surface area contributed by atoms with E-state index in [-0.39, 0.29) is 31.9 Å². The van der Waals surface area contributed by atoms with Crippen LogP contribution in [0.4, 0.5) is 0 Å². The van der Waals surface area contributed by atoms with Crippen molar-refractivity contribution in [3.05, 3.63) is 264 Å². The quantitative estimate of drug-likeness (QED) is 0.0907. The maximum atomic E-state index is 12.8. The Morgan fingerprint density at radius 1 is 0.446 bits per heavy atom. The first-order valence-electron chi connectivity index (χ1n) is 25.8. The Morgan fingerprint density at radius 3 is 1.12 bits per heavy atom. The van der Waals surface area contributed by atoms with Crippen LogP contribution < -0.4 is 0 Å². The highest BCUT2D eigenvalue weighted by atomic mass is 35.5. The van der Waals surface area contributed by atoms with Crippen LogP contribution in [0.25, 0.3) is 33.4 Å². The Morgan fingerprint density at radius 2 is 0.783 bits per heavy atom. The Hall–Kier alpha value is -5.55. The molecule has 0 aromatic heterocycles. The Labute approximate surface area is 515 Å². The summed E-state index contributed by atoms with van der Waals surface area (Å²) in [7, 11) is -10.5. The van der Waals surface area contributed by atoms with Gasteiger partial charge in [0.25, 0.3) is 0 Å². The molecule has 0 heterocycles. The fraction of sp³-hybridized carbons (Fsp3) is 0.169. The van der Waals surface area contributed by atoms with E-state index in [2.05, 4.69) is 0 Å². The van der Waals surface area contributed by atoms with Gasteiger partial charge in [-0.1, -0.05) is 197 Å². The van der Waals surface area contributed by atoms with Gasteiger partial charge in [0.2, 0.25) is 0 Å². The highest BCUT2D eigenvalue weighted by Gasteiger charge is 2.42. The number of rotatable bonds is 15. The molecule has 1 fully saturated rings. The van der Waals surface area contributed by atoms with Gasteiger partial charge in [0.1, 0.15) is 0 Å². The van der Waals surface area contributed by atoms with Gasteiger partial charge in [-0.05, 0) is 156 Å².